The third-order valence-electron chi connectivity index (χ3n) is 3.48. The number of hydrogen-bond donors (Lipinski definition) is 0. The van der Waals surface area contributed by atoms with Gasteiger partial charge in [0.15, 0.2) is 0 Å². The quantitative estimate of drug-likeness (QED) is 0.819. The van der Waals surface area contributed by atoms with E-state index in [4.69, 9.17) is 4.74 Å². The second-order valence-corrected chi connectivity index (χ2v) is 5.36. The van der Waals surface area contributed by atoms with Crippen LogP contribution in [-0.4, -0.2) is 25.0 Å². The number of halogens is 1. The Hall–Kier alpha value is -1.58. The first-order valence-corrected chi connectivity index (χ1v) is 6.39. The van der Waals surface area contributed by atoms with Gasteiger partial charge in [0.05, 0.1) is 7.11 Å². The van der Waals surface area contributed by atoms with E-state index in [2.05, 4.69) is 0 Å². The molecule has 0 atom stereocenters. The summed E-state index contributed by atoms with van der Waals surface area (Å²) < 4.78 is 18.8. The highest BCUT2D eigenvalue weighted by Gasteiger charge is 2.28. The largest absolute Gasteiger partial charge is 0.497 e. The number of ether oxygens (including phenoxy) is 1. The number of benzene rings is 1. The number of methoxy groups -OCH3 is 1. The van der Waals surface area contributed by atoms with Gasteiger partial charge in [-0.3, -0.25) is 4.79 Å². The lowest BCUT2D eigenvalue weighted by Gasteiger charge is -2.28. The third-order valence-corrected chi connectivity index (χ3v) is 3.48. The van der Waals surface area contributed by atoms with Gasteiger partial charge in [0.25, 0.3) is 0 Å². The van der Waals surface area contributed by atoms with Crippen LogP contribution in [0, 0.1) is 11.2 Å². The van der Waals surface area contributed by atoms with Gasteiger partial charge in [0, 0.05) is 30.6 Å². The third kappa shape index (κ3) is 3.69. The van der Waals surface area contributed by atoms with Crippen LogP contribution in [0.3, 0.4) is 0 Å². The fraction of sp³-hybridized carbons (Fsp3) is 0.533. The molecule has 0 spiro atoms. The molecule has 0 aliphatic heterocycles. The minimum atomic E-state index is -0.419. The Morgan fingerprint density at radius 1 is 1.42 bits per heavy atom. The molecule has 1 amide bonds. The zero-order valence-electron chi connectivity index (χ0n) is 12.3. The first-order valence-electron chi connectivity index (χ1n) is 6.39. The molecule has 0 bridgehead atoms. The minimum Gasteiger partial charge on any atom is -0.497 e. The molecular formula is C15H22FNO2. The summed E-state index contributed by atoms with van der Waals surface area (Å²) in [6.07, 6.45) is 0.751. The van der Waals surface area contributed by atoms with Crippen molar-refractivity contribution in [3.8, 4) is 5.75 Å². The molecule has 0 aliphatic carbocycles. The second-order valence-electron chi connectivity index (χ2n) is 5.36. The van der Waals surface area contributed by atoms with Crippen LogP contribution >= 0.6 is 0 Å². The molecule has 0 fully saturated rings. The number of hydrogen-bond acceptors (Lipinski definition) is 2. The first kappa shape index (κ1) is 15.5. The topological polar surface area (TPSA) is 29.5 Å². The standard InChI is InChI=1S/C15H22FNO2/c1-6-15(2,3)14(18)17(4)10-11-7-8-12(19-5)9-13(11)16/h7-9H,6,10H2,1-5H3. The number of carbonyl (C=O) groups is 1. The van der Waals surface area contributed by atoms with Gasteiger partial charge in [-0.25, -0.2) is 4.39 Å². The van der Waals surface area contributed by atoms with Gasteiger partial charge in [0.2, 0.25) is 5.91 Å². The molecule has 0 unspecified atom stereocenters. The lowest BCUT2D eigenvalue weighted by molar-refractivity contribution is -0.139. The Labute approximate surface area is 114 Å². The summed E-state index contributed by atoms with van der Waals surface area (Å²) in [5.74, 6) is 0.141. The van der Waals surface area contributed by atoms with E-state index in [0.717, 1.165) is 6.42 Å². The van der Waals surface area contributed by atoms with Crippen molar-refractivity contribution < 1.29 is 13.9 Å². The monoisotopic (exact) mass is 267 g/mol. The molecule has 3 nitrogen and oxygen atoms in total. The number of nitrogens with zero attached hydrogens (tertiary/aromatic N) is 1. The molecule has 0 radical (unpaired) electrons. The Bertz CT molecular complexity index is 457. The van der Waals surface area contributed by atoms with E-state index in [1.807, 2.05) is 20.8 Å². The van der Waals surface area contributed by atoms with E-state index in [-0.39, 0.29) is 18.3 Å². The lowest BCUT2D eigenvalue weighted by atomic mass is 9.88. The maximum absolute atomic E-state index is 13.8. The molecule has 4 heteroatoms. The van der Waals surface area contributed by atoms with Crippen molar-refractivity contribution in [2.75, 3.05) is 14.2 Å². The molecule has 106 valence electrons. The van der Waals surface area contributed by atoms with Crippen LogP contribution in [0.25, 0.3) is 0 Å². The van der Waals surface area contributed by atoms with Crippen molar-refractivity contribution in [1.29, 1.82) is 0 Å². The summed E-state index contributed by atoms with van der Waals surface area (Å²) in [5, 5.41) is 0. The van der Waals surface area contributed by atoms with Crippen LogP contribution in [0.2, 0.25) is 0 Å². The molecule has 0 saturated heterocycles. The number of amides is 1. The van der Waals surface area contributed by atoms with E-state index in [9.17, 15) is 9.18 Å². The molecular weight excluding hydrogens is 245 g/mol. The Kier molecular flexibility index (Phi) is 4.92. The van der Waals surface area contributed by atoms with E-state index in [1.54, 1.807) is 24.1 Å². The maximum Gasteiger partial charge on any atom is 0.228 e. The number of carbonyl (C=O) groups excluding carboxylic acids is 1. The zero-order valence-corrected chi connectivity index (χ0v) is 12.3. The van der Waals surface area contributed by atoms with Crippen LogP contribution in [0.5, 0.6) is 5.75 Å². The fourth-order valence-corrected chi connectivity index (χ4v) is 1.78. The molecule has 0 heterocycles. The summed E-state index contributed by atoms with van der Waals surface area (Å²) in [4.78, 5) is 13.8. The molecule has 0 aliphatic rings. The van der Waals surface area contributed by atoms with Gasteiger partial charge in [0.1, 0.15) is 11.6 Å². The second kappa shape index (κ2) is 6.04. The first-order chi connectivity index (χ1) is 8.81. The van der Waals surface area contributed by atoms with Crippen LogP contribution in [-0.2, 0) is 11.3 Å². The summed E-state index contributed by atoms with van der Waals surface area (Å²) in [7, 11) is 3.19. The van der Waals surface area contributed by atoms with Crippen molar-refractivity contribution in [2.45, 2.75) is 33.7 Å². The van der Waals surface area contributed by atoms with E-state index in [1.165, 1.54) is 13.2 Å². The van der Waals surface area contributed by atoms with Crippen molar-refractivity contribution >= 4 is 5.91 Å². The van der Waals surface area contributed by atoms with Crippen molar-refractivity contribution in [3.05, 3.63) is 29.6 Å². The van der Waals surface area contributed by atoms with Gasteiger partial charge in [-0.2, -0.15) is 0 Å². The van der Waals surface area contributed by atoms with Crippen LogP contribution in [0.4, 0.5) is 4.39 Å². The highest BCUT2D eigenvalue weighted by molar-refractivity contribution is 5.81. The van der Waals surface area contributed by atoms with Gasteiger partial charge >= 0.3 is 0 Å². The average molecular weight is 267 g/mol. The lowest BCUT2D eigenvalue weighted by Crippen LogP contribution is -2.37. The van der Waals surface area contributed by atoms with E-state index in [0.29, 0.717) is 11.3 Å². The predicted molar refractivity (Wildman–Crippen MR) is 73.5 cm³/mol. The number of rotatable bonds is 5. The Balaban J connectivity index is 2.83. The molecule has 1 rings (SSSR count). The molecule has 0 aromatic heterocycles. The normalized spacial score (nSPS) is 11.3. The fourth-order valence-electron chi connectivity index (χ4n) is 1.78. The zero-order chi connectivity index (χ0) is 14.6. The highest BCUT2D eigenvalue weighted by atomic mass is 19.1. The van der Waals surface area contributed by atoms with Crippen LogP contribution in [0.15, 0.2) is 18.2 Å². The average Bonchev–Trinajstić information content (AvgIpc) is 2.39. The van der Waals surface area contributed by atoms with Gasteiger partial charge in [-0.1, -0.05) is 26.8 Å². The van der Waals surface area contributed by atoms with Crippen molar-refractivity contribution in [2.24, 2.45) is 5.41 Å². The van der Waals surface area contributed by atoms with Gasteiger partial charge in [-0.15, -0.1) is 0 Å². The van der Waals surface area contributed by atoms with Crippen molar-refractivity contribution in [1.82, 2.24) is 4.90 Å². The molecule has 0 N–H and O–H groups in total. The molecule has 1 aromatic rings. The highest BCUT2D eigenvalue weighted by Crippen LogP contribution is 2.24. The summed E-state index contributed by atoms with van der Waals surface area (Å²) in [6, 6.07) is 4.68. The minimum absolute atomic E-state index is 0.0187. The summed E-state index contributed by atoms with van der Waals surface area (Å²) >= 11 is 0. The van der Waals surface area contributed by atoms with E-state index >= 15 is 0 Å². The van der Waals surface area contributed by atoms with E-state index < -0.39 is 5.41 Å². The predicted octanol–water partition coefficient (Wildman–Crippen LogP) is 3.23. The summed E-state index contributed by atoms with van der Waals surface area (Å²) in [6.45, 7) is 6.03. The Morgan fingerprint density at radius 3 is 2.53 bits per heavy atom. The van der Waals surface area contributed by atoms with Gasteiger partial charge < -0.3 is 9.64 Å². The molecule has 0 saturated carbocycles. The Morgan fingerprint density at radius 2 is 2.05 bits per heavy atom. The van der Waals surface area contributed by atoms with Gasteiger partial charge in [-0.05, 0) is 12.5 Å². The summed E-state index contributed by atoms with van der Waals surface area (Å²) in [5.41, 5.74) is 0.0704. The smallest absolute Gasteiger partial charge is 0.228 e. The molecule has 19 heavy (non-hydrogen) atoms. The van der Waals surface area contributed by atoms with Crippen LogP contribution < -0.4 is 4.74 Å². The van der Waals surface area contributed by atoms with Crippen molar-refractivity contribution in [3.63, 3.8) is 0 Å². The van der Waals surface area contributed by atoms with Crippen LogP contribution in [0.1, 0.15) is 32.8 Å². The SMILES string of the molecule is CCC(C)(C)C(=O)N(C)Cc1ccc(OC)cc1F. The molecule has 1 aromatic carbocycles. The maximum atomic E-state index is 13.8.